The minimum absolute atomic E-state index is 0.214. The van der Waals surface area contributed by atoms with E-state index in [-0.39, 0.29) is 5.54 Å². The Balaban J connectivity index is 1.85. The molecule has 0 bridgehead atoms. The zero-order chi connectivity index (χ0) is 9.47. The van der Waals surface area contributed by atoms with E-state index >= 15 is 0 Å². The van der Waals surface area contributed by atoms with Gasteiger partial charge in [-0.2, -0.15) is 0 Å². The van der Waals surface area contributed by atoms with Crippen molar-refractivity contribution in [2.24, 2.45) is 11.8 Å². The van der Waals surface area contributed by atoms with Gasteiger partial charge in [-0.1, -0.05) is 13.8 Å². The molecule has 2 fully saturated rings. The third-order valence-corrected chi connectivity index (χ3v) is 4.10. The molecule has 2 heteroatoms. The van der Waals surface area contributed by atoms with Crippen molar-refractivity contribution >= 4 is 0 Å². The fourth-order valence-electron chi connectivity index (χ4n) is 2.48. The van der Waals surface area contributed by atoms with Crippen molar-refractivity contribution in [3.8, 4) is 0 Å². The van der Waals surface area contributed by atoms with Gasteiger partial charge in [0.15, 0.2) is 0 Å². The maximum atomic E-state index is 9.36. The van der Waals surface area contributed by atoms with Crippen molar-refractivity contribution in [2.45, 2.75) is 38.6 Å². The second kappa shape index (κ2) is 3.25. The Morgan fingerprint density at radius 1 is 1.38 bits per heavy atom. The summed E-state index contributed by atoms with van der Waals surface area (Å²) in [5.74, 6) is 1.69. The van der Waals surface area contributed by atoms with Gasteiger partial charge in [0.1, 0.15) is 0 Å². The van der Waals surface area contributed by atoms with Gasteiger partial charge in [-0.25, -0.2) is 0 Å². The lowest BCUT2D eigenvalue weighted by Crippen LogP contribution is -2.65. The normalized spacial score (nSPS) is 28.6. The van der Waals surface area contributed by atoms with E-state index < -0.39 is 0 Å². The molecule has 1 aliphatic heterocycles. The summed E-state index contributed by atoms with van der Waals surface area (Å²) in [7, 11) is 0. The number of hydrogen-bond donors (Lipinski definition) is 1. The molecule has 0 aromatic heterocycles. The van der Waals surface area contributed by atoms with Gasteiger partial charge in [0.2, 0.25) is 0 Å². The second-order valence-electron chi connectivity index (χ2n) is 5.15. The summed E-state index contributed by atoms with van der Waals surface area (Å²) >= 11 is 0. The standard InChI is InChI=1S/C11H21NO/c1-9(2)10-6-12(7-10)11(8-13)4-3-5-11/h9-10,13H,3-8H2,1-2H3. The van der Waals surface area contributed by atoms with Gasteiger partial charge in [-0.15, -0.1) is 0 Å². The monoisotopic (exact) mass is 183 g/mol. The minimum Gasteiger partial charge on any atom is -0.394 e. The van der Waals surface area contributed by atoms with Crippen molar-refractivity contribution in [1.29, 1.82) is 0 Å². The van der Waals surface area contributed by atoms with Crippen LogP contribution in [-0.4, -0.2) is 35.2 Å². The van der Waals surface area contributed by atoms with Crippen LogP contribution in [0.5, 0.6) is 0 Å². The third kappa shape index (κ3) is 1.40. The average molecular weight is 183 g/mol. The molecule has 0 aromatic carbocycles. The third-order valence-electron chi connectivity index (χ3n) is 4.10. The number of aliphatic hydroxyl groups is 1. The van der Waals surface area contributed by atoms with Crippen LogP contribution in [0, 0.1) is 11.8 Å². The fourth-order valence-corrected chi connectivity index (χ4v) is 2.48. The number of likely N-dealkylation sites (tertiary alicyclic amines) is 1. The molecule has 0 atom stereocenters. The van der Waals surface area contributed by atoms with Gasteiger partial charge >= 0.3 is 0 Å². The van der Waals surface area contributed by atoms with Crippen molar-refractivity contribution in [1.82, 2.24) is 4.90 Å². The Kier molecular flexibility index (Phi) is 2.37. The first-order chi connectivity index (χ1) is 6.18. The van der Waals surface area contributed by atoms with Crippen molar-refractivity contribution in [3.63, 3.8) is 0 Å². The summed E-state index contributed by atoms with van der Waals surface area (Å²) in [5.41, 5.74) is 0.214. The Morgan fingerprint density at radius 3 is 2.31 bits per heavy atom. The predicted octanol–water partition coefficient (Wildman–Crippen LogP) is 1.49. The highest BCUT2D eigenvalue weighted by Gasteiger charge is 2.47. The van der Waals surface area contributed by atoms with Gasteiger partial charge in [0.05, 0.1) is 6.61 Å². The lowest BCUT2D eigenvalue weighted by Gasteiger charge is -2.57. The molecule has 0 amide bonds. The van der Waals surface area contributed by atoms with E-state index in [2.05, 4.69) is 18.7 Å². The van der Waals surface area contributed by atoms with E-state index in [1.54, 1.807) is 0 Å². The van der Waals surface area contributed by atoms with Crippen LogP contribution in [0.1, 0.15) is 33.1 Å². The van der Waals surface area contributed by atoms with Crippen LogP contribution >= 0.6 is 0 Å². The Bertz CT molecular complexity index is 175. The zero-order valence-corrected chi connectivity index (χ0v) is 8.79. The van der Waals surface area contributed by atoms with E-state index in [0.717, 1.165) is 11.8 Å². The van der Waals surface area contributed by atoms with Crippen molar-refractivity contribution in [2.75, 3.05) is 19.7 Å². The highest BCUT2D eigenvalue weighted by molar-refractivity contribution is 5.02. The molecule has 13 heavy (non-hydrogen) atoms. The summed E-state index contributed by atoms with van der Waals surface area (Å²) in [4.78, 5) is 2.50. The maximum Gasteiger partial charge on any atom is 0.0615 e. The smallest absolute Gasteiger partial charge is 0.0615 e. The molecule has 2 rings (SSSR count). The van der Waals surface area contributed by atoms with Crippen LogP contribution in [0.25, 0.3) is 0 Å². The maximum absolute atomic E-state index is 9.36. The SMILES string of the molecule is CC(C)C1CN(C2(CO)CCC2)C1. The first-order valence-corrected chi connectivity index (χ1v) is 5.54. The Labute approximate surface area is 80.9 Å². The molecular weight excluding hydrogens is 162 g/mol. The van der Waals surface area contributed by atoms with E-state index in [4.69, 9.17) is 0 Å². The van der Waals surface area contributed by atoms with Crippen molar-refractivity contribution < 1.29 is 5.11 Å². The van der Waals surface area contributed by atoms with Crippen LogP contribution in [0.15, 0.2) is 0 Å². The molecule has 1 N–H and O–H groups in total. The first kappa shape index (κ1) is 9.47. The molecule has 0 radical (unpaired) electrons. The Hall–Kier alpha value is -0.0800. The molecule has 0 unspecified atom stereocenters. The Morgan fingerprint density at radius 2 is 2.00 bits per heavy atom. The lowest BCUT2D eigenvalue weighted by molar-refractivity contribution is -0.0988. The largest absolute Gasteiger partial charge is 0.394 e. The van der Waals surface area contributed by atoms with Gasteiger partial charge in [0, 0.05) is 18.6 Å². The highest BCUT2D eigenvalue weighted by atomic mass is 16.3. The van der Waals surface area contributed by atoms with Crippen molar-refractivity contribution in [3.05, 3.63) is 0 Å². The quantitative estimate of drug-likeness (QED) is 0.716. The predicted molar refractivity (Wildman–Crippen MR) is 53.6 cm³/mol. The highest BCUT2D eigenvalue weighted by Crippen LogP contribution is 2.42. The first-order valence-electron chi connectivity index (χ1n) is 5.54. The van der Waals surface area contributed by atoms with Crippen LogP contribution in [-0.2, 0) is 0 Å². The van der Waals surface area contributed by atoms with Crippen LogP contribution in [0.4, 0.5) is 0 Å². The molecule has 1 saturated carbocycles. The molecule has 0 spiro atoms. The molecule has 2 aliphatic rings. The number of aliphatic hydroxyl groups excluding tert-OH is 1. The van der Waals surface area contributed by atoms with E-state index in [9.17, 15) is 5.11 Å². The summed E-state index contributed by atoms with van der Waals surface area (Å²) in [6.07, 6.45) is 3.74. The van der Waals surface area contributed by atoms with Gasteiger partial charge in [-0.3, -0.25) is 4.90 Å². The van der Waals surface area contributed by atoms with E-state index in [1.165, 1.54) is 32.4 Å². The van der Waals surface area contributed by atoms with Gasteiger partial charge in [-0.05, 0) is 31.1 Å². The average Bonchev–Trinajstić information content (AvgIpc) is 1.90. The van der Waals surface area contributed by atoms with Gasteiger partial charge in [0.25, 0.3) is 0 Å². The molecule has 1 saturated heterocycles. The number of rotatable bonds is 3. The molecule has 2 nitrogen and oxygen atoms in total. The second-order valence-corrected chi connectivity index (χ2v) is 5.15. The molecule has 0 aromatic rings. The number of hydrogen-bond acceptors (Lipinski definition) is 2. The van der Waals surface area contributed by atoms with Crippen LogP contribution in [0.3, 0.4) is 0 Å². The minimum atomic E-state index is 0.214. The van der Waals surface area contributed by atoms with E-state index in [0.29, 0.717) is 6.61 Å². The lowest BCUT2D eigenvalue weighted by atomic mass is 9.72. The summed E-state index contributed by atoms with van der Waals surface area (Å²) in [5, 5.41) is 9.36. The zero-order valence-electron chi connectivity index (χ0n) is 8.79. The topological polar surface area (TPSA) is 23.5 Å². The van der Waals surface area contributed by atoms with Gasteiger partial charge < -0.3 is 5.11 Å². The van der Waals surface area contributed by atoms with Crippen LogP contribution in [0.2, 0.25) is 0 Å². The number of nitrogens with zero attached hydrogens (tertiary/aromatic N) is 1. The summed E-state index contributed by atoms with van der Waals surface area (Å²) < 4.78 is 0. The van der Waals surface area contributed by atoms with E-state index in [1.807, 2.05) is 0 Å². The molecular formula is C11H21NO. The molecule has 76 valence electrons. The fraction of sp³-hybridized carbons (Fsp3) is 1.00. The van der Waals surface area contributed by atoms with Crippen LogP contribution < -0.4 is 0 Å². The summed E-state index contributed by atoms with van der Waals surface area (Å²) in [6, 6.07) is 0. The summed E-state index contributed by atoms with van der Waals surface area (Å²) in [6.45, 7) is 7.41. The molecule has 1 aliphatic carbocycles. The molecule has 1 heterocycles.